The maximum Gasteiger partial charge on any atom is 0.312 e. The number of carboxylic acids is 1. The third-order valence-corrected chi connectivity index (χ3v) is 6.23. The standard InChI is InChI=1S/C26H29N5O4/c27-14-24(33)31(16-21(26(34)35)19-13-18-5-1-2-8-22(18)29-15-19)23(32)9-3-7-20-11-10-17-6-4-12-28-25(17)30-20/h1-2,5,8,10-11,13,15,21H,3-4,6-7,9,12,14,16,27H2,(H,28,30)(H,34,35)/t21-/m1/s1. The largest absolute Gasteiger partial charge is 0.481 e. The van der Waals surface area contributed by atoms with Crippen LogP contribution in [0.2, 0.25) is 0 Å². The number of nitrogens with two attached hydrogens (primary N) is 1. The molecule has 182 valence electrons. The number of carbonyl (C=O) groups is 3. The summed E-state index contributed by atoms with van der Waals surface area (Å²) in [5, 5.41) is 14.0. The van der Waals surface area contributed by atoms with Crippen LogP contribution in [0, 0.1) is 0 Å². The number of carboxylic acid groups (broad SMARTS) is 1. The Bertz CT molecular complexity index is 1250. The zero-order chi connectivity index (χ0) is 24.8. The first-order valence-corrected chi connectivity index (χ1v) is 11.8. The number of hydrogen-bond acceptors (Lipinski definition) is 7. The van der Waals surface area contributed by atoms with Gasteiger partial charge in [-0.05, 0) is 55.0 Å². The van der Waals surface area contributed by atoms with Crippen LogP contribution in [0.3, 0.4) is 0 Å². The predicted molar refractivity (Wildman–Crippen MR) is 132 cm³/mol. The van der Waals surface area contributed by atoms with Crippen molar-refractivity contribution < 1.29 is 19.5 Å². The van der Waals surface area contributed by atoms with Crippen LogP contribution in [0.1, 0.15) is 42.0 Å². The Kier molecular flexibility index (Phi) is 7.67. The molecule has 35 heavy (non-hydrogen) atoms. The van der Waals surface area contributed by atoms with E-state index in [-0.39, 0.29) is 19.5 Å². The van der Waals surface area contributed by atoms with Crippen LogP contribution in [0.5, 0.6) is 0 Å². The van der Waals surface area contributed by atoms with Crippen LogP contribution < -0.4 is 11.1 Å². The lowest BCUT2D eigenvalue weighted by Crippen LogP contribution is -2.44. The Hall–Kier alpha value is -3.85. The number of aromatic nitrogens is 2. The summed E-state index contributed by atoms with van der Waals surface area (Å²) in [4.78, 5) is 47.5. The number of carbonyl (C=O) groups excluding carboxylic acids is 2. The van der Waals surface area contributed by atoms with E-state index >= 15 is 0 Å². The fourth-order valence-corrected chi connectivity index (χ4v) is 4.30. The number of aliphatic carboxylic acids is 1. The van der Waals surface area contributed by atoms with Gasteiger partial charge in [-0.25, -0.2) is 4.98 Å². The Morgan fingerprint density at radius 3 is 2.77 bits per heavy atom. The number of amides is 2. The summed E-state index contributed by atoms with van der Waals surface area (Å²) < 4.78 is 0. The normalized spacial score (nSPS) is 13.5. The number of anilines is 1. The number of nitrogens with one attached hydrogen (secondary N) is 1. The van der Waals surface area contributed by atoms with Crippen LogP contribution in [0.4, 0.5) is 5.82 Å². The Morgan fingerprint density at radius 2 is 1.97 bits per heavy atom. The highest BCUT2D eigenvalue weighted by Gasteiger charge is 2.29. The smallest absolute Gasteiger partial charge is 0.312 e. The SMILES string of the molecule is NCC(=O)N(C[C@@H](C(=O)O)c1cnc2ccccc2c1)C(=O)CCCc1ccc2c(n1)NCCC2. The highest BCUT2D eigenvalue weighted by molar-refractivity contribution is 5.97. The predicted octanol–water partition coefficient (Wildman–Crippen LogP) is 2.49. The molecule has 3 heterocycles. The number of pyridine rings is 2. The first-order chi connectivity index (χ1) is 17.0. The van der Waals surface area contributed by atoms with Gasteiger partial charge in [-0.1, -0.05) is 24.3 Å². The molecule has 2 amide bonds. The number of imide groups is 1. The van der Waals surface area contributed by atoms with E-state index < -0.39 is 23.7 Å². The number of hydrogen-bond donors (Lipinski definition) is 3. The summed E-state index contributed by atoms with van der Waals surface area (Å²) in [5.74, 6) is -2.41. The van der Waals surface area contributed by atoms with Crippen molar-refractivity contribution in [1.29, 1.82) is 0 Å². The molecule has 0 bridgehead atoms. The van der Waals surface area contributed by atoms with Gasteiger partial charge in [0.05, 0.1) is 12.1 Å². The van der Waals surface area contributed by atoms with Crippen molar-refractivity contribution in [2.24, 2.45) is 5.73 Å². The first kappa shape index (κ1) is 24.3. The van der Waals surface area contributed by atoms with Crippen molar-refractivity contribution in [2.75, 3.05) is 25.0 Å². The quantitative estimate of drug-likeness (QED) is 0.429. The van der Waals surface area contributed by atoms with Crippen LogP contribution in [-0.2, 0) is 27.2 Å². The maximum atomic E-state index is 13.0. The molecule has 0 aliphatic carbocycles. The molecule has 0 saturated carbocycles. The third-order valence-electron chi connectivity index (χ3n) is 6.23. The van der Waals surface area contributed by atoms with E-state index in [4.69, 9.17) is 5.73 Å². The van der Waals surface area contributed by atoms with E-state index in [0.29, 0.717) is 18.4 Å². The lowest BCUT2D eigenvalue weighted by molar-refractivity contribution is -0.146. The van der Waals surface area contributed by atoms with Crippen molar-refractivity contribution in [1.82, 2.24) is 14.9 Å². The molecule has 1 aliphatic rings. The molecule has 4 rings (SSSR count). The monoisotopic (exact) mass is 475 g/mol. The van der Waals surface area contributed by atoms with Crippen LogP contribution >= 0.6 is 0 Å². The summed E-state index contributed by atoms with van der Waals surface area (Å²) >= 11 is 0. The van der Waals surface area contributed by atoms with Crippen molar-refractivity contribution in [2.45, 2.75) is 38.0 Å². The number of benzene rings is 1. The first-order valence-electron chi connectivity index (χ1n) is 11.8. The number of fused-ring (bicyclic) bond motifs is 2. The van der Waals surface area contributed by atoms with Gasteiger partial charge >= 0.3 is 5.97 Å². The lowest BCUT2D eigenvalue weighted by atomic mass is 9.98. The molecule has 1 aromatic carbocycles. The second-order valence-electron chi connectivity index (χ2n) is 8.65. The minimum atomic E-state index is -1.14. The van der Waals surface area contributed by atoms with E-state index in [1.54, 1.807) is 6.07 Å². The summed E-state index contributed by atoms with van der Waals surface area (Å²) in [7, 11) is 0. The molecule has 2 aromatic heterocycles. The zero-order valence-electron chi connectivity index (χ0n) is 19.4. The molecule has 0 saturated heterocycles. The Balaban J connectivity index is 1.44. The Morgan fingerprint density at radius 1 is 1.14 bits per heavy atom. The lowest BCUT2D eigenvalue weighted by Gasteiger charge is -2.24. The summed E-state index contributed by atoms with van der Waals surface area (Å²) in [6.45, 7) is 0.215. The number of para-hydroxylation sites is 1. The molecule has 3 aromatic rings. The van der Waals surface area contributed by atoms with Gasteiger partial charge in [0.2, 0.25) is 11.8 Å². The fraction of sp³-hybridized carbons (Fsp3) is 0.346. The highest BCUT2D eigenvalue weighted by atomic mass is 16.4. The number of aryl methyl sites for hydroxylation is 2. The minimum Gasteiger partial charge on any atom is -0.481 e. The van der Waals surface area contributed by atoms with E-state index in [2.05, 4.69) is 21.4 Å². The average Bonchev–Trinajstić information content (AvgIpc) is 2.88. The van der Waals surface area contributed by atoms with Gasteiger partial charge in [0.25, 0.3) is 0 Å². The molecular weight excluding hydrogens is 446 g/mol. The van der Waals surface area contributed by atoms with Crippen LogP contribution in [0.15, 0.2) is 48.7 Å². The molecule has 0 fully saturated rings. The summed E-state index contributed by atoms with van der Waals surface area (Å²) in [6.07, 6.45) is 4.70. The van der Waals surface area contributed by atoms with Crippen LogP contribution in [-0.4, -0.2) is 57.4 Å². The average molecular weight is 476 g/mol. The molecule has 1 aliphatic heterocycles. The van der Waals surface area contributed by atoms with E-state index in [1.807, 2.05) is 30.3 Å². The van der Waals surface area contributed by atoms with Gasteiger partial charge in [-0.2, -0.15) is 0 Å². The third kappa shape index (κ3) is 5.81. The van der Waals surface area contributed by atoms with Crippen molar-refractivity contribution in [3.8, 4) is 0 Å². The second kappa shape index (κ2) is 11.1. The molecule has 0 unspecified atom stereocenters. The summed E-state index contributed by atoms with van der Waals surface area (Å²) in [6, 6.07) is 13.1. The van der Waals surface area contributed by atoms with Gasteiger partial charge < -0.3 is 16.2 Å². The van der Waals surface area contributed by atoms with Gasteiger partial charge in [0.1, 0.15) is 11.7 Å². The summed E-state index contributed by atoms with van der Waals surface area (Å²) in [5.41, 5.74) is 8.76. The topological polar surface area (TPSA) is 139 Å². The molecule has 9 nitrogen and oxygen atoms in total. The fourth-order valence-electron chi connectivity index (χ4n) is 4.30. The van der Waals surface area contributed by atoms with Crippen molar-refractivity contribution in [3.05, 3.63) is 65.5 Å². The molecule has 0 spiro atoms. The number of rotatable bonds is 9. The van der Waals surface area contributed by atoms with Gasteiger partial charge in [-0.3, -0.25) is 24.3 Å². The molecular formula is C26H29N5O4. The van der Waals surface area contributed by atoms with Crippen molar-refractivity contribution in [3.63, 3.8) is 0 Å². The molecule has 1 atom stereocenters. The van der Waals surface area contributed by atoms with E-state index in [1.165, 1.54) is 11.8 Å². The Labute approximate surface area is 203 Å². The van der Waals surface area contributed by atoms with Crippen molar-refractivity contribution >= 4 is 34.5 Å². The molecule has 9 heteroatoms. The van der Waals surface area contributed by atoms with Gasteiger partial charge in [0, 0.05) is 36.8 Å². The van der Waals surface area contributed by atoms with E-state index in [0.717, 1.165) is 46.7 Å². The molecule has 4 N–H and O–H groups in total. The van der Waals surface area contributed by atoms with E-state index in [9.17, 15) is 19.5 Å². The molecule has 0 radical (unpaired) electrons. The zero-order valence-corrected chi connectivity index (χ0v) is 19.4. The minimum absolute atomic E-state index is 0.0836. The highest BCUT2D eigenvalue weighted by Crippen LogP contribution is 2.23. The van der Waals surface area contributed by atoms with Gasteiger partial charge in [-0.15, -0.1) is 0 Å². The van der Waals surface area contributed by atoms with Crippen LogP contribution in [0.25, 0.3) is 10.9 Å². The maximum absolute atomic E-state index is 13.0. The number of nitrogens with zero attached hydrogens (tertiary/aromatic N) is 3. The second-order valence-corrected chi connectivity index (χ2v) is 8.65. The van der Waals surface area contributed by atoms with Gasteiger partial charge in [0.15, 0.2) is 0 Å².